The van der Waals surface area contributed by atoms with Gasteiger partial charge in [-0.25, -0.2) is 8.42 Å². The zero-order valence-electron chi connectivity index (χ0n) is 18.1. The average molecular weight is 485 g/mol. The van der Waals surface area contributed by atoms with Crippen molar-refractivity contribution in [3.05, 3.63) is 59.7 Å². The summed E-state index contributed by atoms with van der Waals surface area (Å²) in [5.41, 5.74) is 0.101. The Morgan fingerprint density at radius 2 is 1.61 bits per heavy atom. The van der Waals surface area contributed by atoms with E-state index in [1.54, 1.807) is 24.3 Å². The molecule has 1 fully saturated rings. The van der Waals surface area contributed by atoms with Crippen LogP contribution < -0.4 is 10.1 Å². The first-order valence-corrected chi connectivity index (χ1v) is 12.3. The molecule has 3 rings (SSSR count). The fourth-order valence-electron chi connectivity index (χ4n) is 3.53. The van der Waals surface area contributed by atoms with Gasteiger partial charge in [-0.2, -0.15) is 17.5 Å². The van der Waals surface area contributed by atoms with E-state index in [0.717, 1.165) is 37.0 Å². The van der Waals surface area contributed by atoms with Crippen LogP contribution in [0.5, 0.6) is 5.75 Å². The van der Waals surface area contributed by atoms with E-state index in [1.807, 2.05) is 0 Å². The number of nitrogens with zero attached hydrogens (tertiary/aromatic N) is 1. The predicted molar refractivity (Wildman–Crippen MR) is 117 cm³/mol. The second-order valence-electron chi connectivity index (χ2n) is 7.83. The highest BCUT2D eigenvalue weighted by atomic mass is 32.2. The Labute approximate surface area is 191 Å². The number of nitrogens with one attached hydrogen (secondary N) is 1. The summed E-state index contributed by atoms with van der Waals surface area (Å²) in [6.45, 7) is 1.44. The molecule has 0 aliphatic carbocycles. The Morgan fingerprint density at radius 3 is 2.21 bits per heavy atom. The molecule has 0 atom stereocenters. The Balaban J connectivity index is 1.38. The van der Waals surface area contributed by atoms with Crippen LogP contribution in [0.25, 0.3) is 0 Å². The molecule has 0 unspecified atom stereocenters. The number of carbonyl (C=O) groups excluding carboxylic acids is 1. The maximum absolute atomic E-state index is 12.7. The molecular weight excluding hydrogens is 457 g/mol. The molecule has 1 heterocycles. The number of hydrogen-bond donors (Lipinski definition) is 1. The molecule has 1 N–H and O–H groups in total. The third kappa shape index (κ3) is 7.20. The number of sulfonamides is 1. The number of alkyl halides is 3. The third-order valence-electron chi connectivity index (χ3n) is 5.39. The molecule has 1 amide bonds. The van der Waals surface area contributed by atoms with Crippen molar-refractivity contribution in [3.8, 4) is 5.75 Å². The van der Waals surface area contributed by atoms with Crippen molar-refractivity contribution < 1.29 is 31.1 Å². The van der Waals surface area contributed by atoms with E-state index < -0.39 is 21.8 Å². The van der Waals surface area contributed by atoms with Gasteiger partial charge in [0, 0.05) is 19.5 Å². The molecule has 2 aromatic rings. The summed E-state index contributed by atoms with van der Waals surface area (Å²) < 4.78 is 69.8. The average Bonchev–Trinajstić information content (AvgIpc) is 2.81. The van der Waals surface area contributed by atoms with Crippen molar-refractivity contribution in [2.75, 3.05) is 26.2 Å². The third-order valence-corrected chi connectivity index (χ3v) is 7.30. The van der Waals surface area contributed by atoms with Gasteiger partial charge in [-0.3, -0.25) is 4.79 Å². The SMILES string of the molecule is O=C(CCc1ccc(S(=O)(=O)N2CCCCC2)cc1)NCCOc1ccc(C(F)(F)F)cc1. The lowest BCUT2D eigenvalue weighted by Gasteiger charge is -2.25. The molecule has 0 bridgehead atoms. The molecule has 6 nitrogen and oxygen atoms in total. The van der Waals surface area contributed by atoms with Crippen LogP contribution in [0.15, 0.2) is 53.4 Å². The zero-order valence-corrected chi connectivity index (χ0v) is 18.9. The first kappa shape index (κ1) is 25.0. The zero-order chi connectivity index (χ0) is 23.9. The first-order valence-electron chi connectivity index (χ1n) is 10.8. The molecule has 0 radical (unpaired) electrons. The van der Waals surface area contributed by atoms with E-state index in [4.69, 9.17) is 4.74 Å². The highest BCUT2D eigenvalue weighted by molar-refractivity contribution is 7.89. The summed E-state index contributed by atoms with van der Waals surface area (Å²) in [6.07, 6.45) is -0.916. The summed E-state index contributed by atoms with van der Waals surface area (Å²) in [7, 11) is -3.47. The van der Waals surface area contributed by atoms with Crippen LogP contribution in [-0.2, 0) is 27.4 Å². The molecule has 33 heavy (non-hydrogen) atoms. The lowest BCUT2D eigenvalue weighted by molar-refractivity contribution is -0.137. The molecule has 1 aliphatic heterocycles. The van der Waals surface area contributed by atoms with Crippen molar-refractivity contribution >= 4 is 15.9 Å². The van der Waals surface area contributed by atoms with Crippen LogP contribution in [0.3, 0.4) is 0 Å². The molecule has 10 heteroatoms. The molecule has 0 saturated carbocycles. The lowest BCUT2D eigenvalue weighted by Crippen LogP contribution is -2.35. The topological polar surface area (TPSA) is 75.7 Å². The lowest BCUT2D eigenvalue weighted by atomic mass is 10.1. The van der Waals surface area contributed by atoms with Crippen LogP contribution in [0.2, 0.25) is 0 Å². The number of hydrogen-bond acceptors (Lipinski definition) is 4. The molecule has 2 aromatic carbocycles. The van der Waals surface area contributed by atoms with Crippen LogP contribution in [0, 0.1) is 0 Å². The Bertz CT molecular complexity index is 1020. The van der Waals surface area contributed by atoms with Gasteiger partial charge in [-0.05, 0) is 61.2 Å². The number of piperidine rings is 1. The van der Waals surface area contributed by atoms with Gasteiger partial charge in [-0.15, -0.1) is 0 Å². The van der Waals surface area contributed by atoms with Crippen LogP contribution in [0.1, 0.15) is 36.8 Å². The Hall–Kier alpha value is -2.59. The predicted octanol–water partition coefficient (Wildman–Crippen LogP) is 4.01. The number of amides is 1. The van der Waals surface area contributed by atoms with Gasteiger partial charge in [0.1, 0.15) is 12.4 Å². The van der Waals surface area contributed by atoms with E-state index in [0.29, 0.717) is 19.5 Å². The minimum absolute atomic E-state index is 0.125. The molecule has 1 aliphatic rings. The van der Waals surface area contributed by atoms with Crippen molar-refractivity contribution in [1.82, 2.24) is 9.62 Å². The van der Waals surface area contributed by atoms with Gasteiger partial charge >= 0.3 is 6.18 Å². The summed E-state index contributed by atoms with van der Waals surface area (Å²) in [5.74, 6) is 0.0906. The number of carbonyl (C=O) groups is 1. The van der Waals surface area contributed by atoms with Gasteiger partial charge in [0.2, 0.25) is 15.9 Å². The Morgan fingerprint density at radius 1 is 0.970 bits per heavy atom. The minimum atomic E-state index is -4.39. The van der Waals surface area contributed by atoms with Crippen LogP contribution >= 0.6 is 0 Å². The molecule has 0 aromatic heterocycles. The molecular formula is C23H27F3N2O4S. The van der Waals surface area contributed by atoms with Gasteiger partial charge in [0.15, 0.2) is 0 Å². The normalized spacial score (nSPS) is 15.2. The molecule has 0 spiro atoms. The number of aryl methyl sites for hydroxylation is 1. The standard InChI is InChI=1S/C23H27F3N2O4S/c24-23(25,26)19-7-9-20(10-8-19)32-17-14-27-22(29)13-6-18-4-11-21(12-5-18)33(30,31)28-15-2-1-3-16-28/h4-5,7-12H,1-3,6,13-17H2,(H,27,29). The van der Waals surface area contributed by atoms with Crippen molar-refractivity contribution in [2.45, 2.75) is 43.2 Å². The summed E-state index contributed by atoms with van der Waals surface area (Å²) in [5, 5.41) is 2.69. The summed E-state index contributed by atoms with van der Waals surface area (Å²) in [4.78, 5) is 12.3. The number of rotatable bonds is 9. The smallest absolute Gasteiger partial charge is 0.416 e. The van der Waals surface area contributed by atoms with Gasteiger partial charge in [-0.1, -0.05) is 18.6 Å². The van der Waals surface area contributed by atoms with E-state index in [2.05, 4.69) is 5.32 Å². The fraction of sp³-hybridized carbons (Fsp3) is 0.435. The monoisotopic (exact) mass is 484 g/mol. The van der Waals surface area contributed by atoms with E-state index in [1.165, 1.54) is 16.4 Å². The van der Waals surface area contributed by atoms with Gasteiger partial charge in [0.05, 0.1) is 17.0 Å². The first-order chi connectivity index (χ1) is 15.7. The van der Waals surface area contributed by atoms with Crippen molar-refractivity contribution in [2.24, 2.45) is 0 Å². The summed E-state index contributed by atoms with van der Waals surface area (Å²) >= 11 is 0. The fourth-order valence-corrected chi connectivity index (χ4v) is 5.05. The largest absolute Gasteiger partial charge is 0.492 e. The molecule has 1 saturated heterocycles. The van der Waals surface area contributed by atoms with Crippen LogP contribution in [0.4, 0.5) is 13.2 Å². The summed E-state index contributed by atoms with van der Waals surface area (Å²) in [6, 6.07) is 11.0. The van der Waals surface area contributed by atoms with E-state index >= 15 is 0 Å². The second-order valence-corrected chi connectivity index (χ2v) is 9.77. The Kier molecular flexibility index (Phi) is 8.36. The van der Waals surface area contributed by atoms with E-state index in [-0.39, 0.29) is 36.1 Å². The minimum Gasteiger partial charge on any atom is -0.492 e. The maximum atomic E-state index is 12.7. The van der Waals surface area contributed by atoms with Crippen molar-refractivity contribution in [1.29, 1.82) is 0 Å². The molecule has 180 valence electrons. The van der Waals surface area contributed by atoms with Crippen molar-refractivity contribution in [3.63, 3.8) is 0 Å². The second kappa shape index (κ2) is 11.0. The van der Waals surface area contributed by atoms with E-state index in [9.17, 15) is 26.4 Å². The van der Waals surface area contributed by atoms with Gasteiger partial charge in [0.25, 0.3) is 0 Å². The number of halogens is 3. The highest BCUT2D eigenvalue weighted by Crippen LogP contribution is 2.30. The van der Waals surface area contributed by atoms with Crippen LogP contribution in [-0.4, -0.2) is 44.9 Å². The quantitative estimate of drug-likeness (QED) is 0.546. The van der Waals surface area contributed by atoms with Gasteiger partial charge < -0.3 is 10.1 Å². The maximum Gasteiger partial charge on any atom is 0.416 e. The number of benzene rings is 2. The number of ether oxygens (including phenoxy) is 1. The highest BCUT2D eigenvalue weighted by Gasteiger charge is 2.30.